The van der Waals surface area contributed by atoms with E-state index >= 15 is 0 Å². The summed E-state index contributed by atoms with van der Waals surface area (Å²) in [6.07, 6.45) is 5.30. The lowest BCUT2D eigenvalue weighted by molar-refractivity contribution is 0.319. The van der Waals surface area contributed by atoms with E-state index in [0.29, 0.717) is 6.04 Å². The molecule has 0 saturated carbocycles. The van der Waals surface area contributed by atoms with Crippen LogP contribution >= 0.6 is 0 Å². The van der Waals surface area contributed by atoms with Crippen molar-refractivity contribution >= 4 is 0 Å². The first-order valence-electron chi connectivity index (χ1n) is 6.72. The van der Waals surface area contributed by atoms with Gasteiger partial charge in [0.25, 0.3) is 0 Å². The molecule has 2 atom stereocenters. The van der Waals surface area contributed by atoms with Crippen molar-refractivity contribution in [3.63, 3.8) is 0 Å². The molecule has 1 heterocycles. The van der Waals surface area contributed by atoms with Gasteiger partial charge < -0.3 is 10.2 Å². The first-order valence-corrected chi connectivity index (χ1v) is 6.72. The molecule has 1 aliphatic rings. The van der Waals surface area contributed by atoms with E-state index < -0.39 is 0 Å². The summed E-state index contributed by atoms with van der Waals surface area (Å²) in [5, 5.41) is 3.66. The fourth-order valence-electron chi connectivity index (χ4n) is 2.50. The highest BCUT2D eigenvalue weighted by Gasteiger charge is 2.21. The summed E-state index contributed by atoms with van der Waals surface area (Å²) in [7, 11) is 0. The van der Waals surface area contributed by atoms with Gasteiger partial charge in [-0.1, -0.05) is 20.3 Å². The van der Waals surface area contributed by atoms with Gasteiger partial charge in [0.1, 0.15) is 0 Å². The van der Waals surface area contributed by atoms with Gasteiger partial charge in [0.2, 0.25) is 0 Å². The molecule has 0 aromatic rings. The van der Waals surface area contributed by atoms with Gasteiger partial charge in [0.15, 0.2) is 0 Å². The highest BCUT2D eigenvalue weighted by molar-refractivity contribution is 4.77. The van der Waals surface area contributed by atoms with Crippen molar-refractivity contribution in [2.75, 3.05) is 26.2 Å². The second-order valence-corrected chi connectivity index (χ2v) is 5.05. The van der Waals surface area contributed by atoms with Crippen LogP contribution in [0.25, 0.3) is 0 Å². The normalized spacial score (nSPS) is 24.6. The van der Waals surface area contributed by atoms with Gasteiger partial charge in [-0.3, -0.25) is 0 Å². The Bertz CT molecular complexity index is 159. The molecule has 1 saturated heterocycles. The number of nitrogens with zero attached hydrogens (tertiary/aromatic N) is 1. The van der Waals surface area contributed by atoms with Crippen molar-refractivity contribution in [1.82, 2.24) is 10.2 Å². The third kappa shape index (κ3) is 4.98. The van der Waals surface area contributed by atoms with Gasteiger partial charge in [-0.05, 0) is 51.7 Å². The summed E-state index contributed by atoms with van der Waals surface area (Å²) in [5.74, 6) is 0.899. The van der Waals surface area contributed by atoms with Crippen LogP contribution in [0.2, 0.25) is 0 Å². The van der Waals surface area contributed by atoms with Crippen LogP contribution < -0.4 is 5.32 Å². The van der Waals surface area contributed by atoms with Crippen LogP contribution in [0.15, 0.2) is 0 Å². The molecule has 0 radical (unpaired) electrons. The van der Waals surface area contributed by atoms with E-state index in [2.05, 4.69) is 31.0 Å². The van der Waals surface area contributed by atoms with E-state index in [-0.39, 0.29) is 0 Å². The molecule has 1 N–H and O–H groups in total. The van der Waals surface area contributed by atoms with E-state index in [1.165, 1.54) is 51.9 Å². The Morgan fingerprint density at radius 1 is 1.33 bits per heavy atom. The maximum Gasteiger partial charge on any atom is 0.00387 e. The second-order valence-electron chi connectivity index (χ2n) is 5.05. The molecular weight excluding hydrogens is 184 g/mol. The minimum absolute atomic E-state index is 0.704. The molecule has 0 aromatic heterocycles. The zero-order valence-corrected chi connectivity index (χ0v) is 10.8. The fraction of sp³-hybridized carbons (Fsp3) is 1.00. The van der Waals surface area contributed by atoms with Gasteiger partial charge in [-0.25, -0.2) is 0 Å². The van der Waals surface area contributed by atoms with Gasteiger partial charge in [-0.2, -0.15) is 0 Å². The first-order chi connectivity index (χ1) is 7.26. The summed E-state index contributed by atoms with van der Waals surface area (Å²) < 4.78 is 0. The van der Waals surface area contributed by atoms with Gasteiger partial charge in [-0.15, -0.1) is 0 Å². The van der Waals surface area contributed by atoms with Crippen LogP contribution in [-0.4, -0.2) is 37.1 Å². The van der Waals surface area contributed by atoms with Crippen LogP contribution in [0, 0.1) is 5.92 Å². The predicted octanol–water partition coefficient (Wildman–Crippen LogP) is 2.50. The lowest BCUT2D eigenvalue weighted by atomic mass is 10.1. The third-order valence-electron chi connectivity index (χ3n) is 3.39. The summed E-state index contributed by atoms with van der Waals surface area (Å²) in [5.41, 5.74) is 0. The molecule has 2 nitrogen and oxygen atoms in total. The van der Waals surface area contributed by atoms with Crippen LogP contribution in [0.1, 0.15) is 46.5 Å². The molecule has 0 amide bonds. The van der Waals surface area contributed by atoms with Gasteiger partial charge in [0, 0.05) is 12.6 Å². The summed E-state index contributed by atoms with van der Waals surface area (Å²) in [6.45, 7) is 12.0. The molecule has 1 fully saturated rings. The zero-order chi connectivity index (χ0) is 11.1. The molecule has 0 aliphatic carbocycles. The Labute approximate surface area is 95.4 Å². The van der Waals surface area contributed by atoms with Crippen molar-refractivity contribution in [1.29, 1.82) is 0 Å². The van der Waals surface area contributed by atoms with Crippen LogP contribution in [-0.2, 0) is 0 Å². The second kappa shape index (κ2) is 7.24. The largest absolute Gasteiger partial charge is 0.314 e. The topological polar surface area (TPSA) is 15.3 Å². The maximum absolute atomic E-state index is 3.66. The molecular formula is C13H28N2. The molecule has 15 heavy (non-hydrogen) atoms. The third-order valence-corrected chi connectivity index (χ3v) is 3.39. The number of hydrogen-bond donors (Lipinski definition) is 1. The smallest absolute Gasteiger partial charge is 0.00387 e. The van der Waals surface area contributed by atoms with E-state index in [9.17, 15) is 0 Å². The summed E-state index contributed by atoms with van der Waals surface area (Å²) in [6, 6.07) is 0.704. The Morgan fingerprint density at radius 2 is 2.13 bits per heavy atom. The Hall–Kier alpha value is -0.0800. The molecule has 1 rings (SSSR count). The minimum Gasteiger partial charge on any atom is -0.314 e. The van der Waals surface area contributed by atoms with Gasteiger partial charge >= 0.3 is 0 Å². The molecule has 2 unspecified atom stereocenters. The van der Waals surface area contributed by atoms with Crippen molar-refractivity contribution in [3.05, 3.63) is 0 Å². The van der Waals surface area contributed by atoms with Gasteiger partial charge in [0.05, 0.1) is 0 Å². The molecule has 0 bridgehead atoms. The van der Waals surface area contributed by atoms with Crippen molar-refractivity contribution in [3.8, 4) is 0 Å². The number of rotatable bonds is 7. The summed E-state index contributed by atoms with van der Waals surface area (Å²) >= 11 is 0. The first kappa shape index (κ1) is 13.0. The quantitative estimate of drug-likeness (QED) is 0.697. The van der Waals surface area contributed by atoms with E-state index in [1.807, 2.05) is 0 Å². The van der Waals surface area contributed by atoms with Crippen molar-refractivity contribution < 1.29 is 0 Å². The number of likely N-dealkylation sites (tertiary alicyclic amines) is 1. The minimum atomic E-state index is 0.704. The van der Waals surface area contributed by atoms with Crippen LogP contribution in [0.4, 0.5) is 0 Å². The molecule has 90 valence electrons. The Morgan fingerprint density at radius 3 is 2.80 bits per heavy atom. The van der Waals surface area contributed by atoms with Crippen LogP contribution in [0.3, 0.4) is 0 Å². The zero-order valence-electron chi connectivity index (χ0n) is 10.8. The lowest BCUT2D eigenvalue weighted by Gasteiger charge is -2.17. The SMILES string of the molecule is CCCC(C)NCC1CCN(CCC)C1. The Kier molecular flexibility index (Phi) is 6.26. The highest BCUT2D eigenvalue weighted by Crippen LogP contribution is 2.15. The van der Waals surface area contributed by atoms with Crippen LogP contribution in [0.5, 0.6) is 0 Å². The number of hydrogen-bond acceptors (Lipinski definition) is 2. The van der Waals surface area contributed by atoms with Crippen molar-refractivity contribution in [2.24, 2.45) is 5.92 Å². The molecule has 1 aliphatic heterocycles. The average molecular weight is 212 g/mol. The Balaban J connectivity index is 2.08. The highest BCUT2D eigenvalue weighted by atomic mass is 15.1. The maximum atomic E-state index is 3.66. The fourth-order valence-corrected chi connectivity index (χ4v) is 2.50. The van der Waals surface area contributed by atoms with E-state index in [4.69, 9.17) is 0 Å². The number of nitrogens with one attached hydrogen (secondary N) is 1. The van der Waals surface area contributed by atoms with Crippen molar-refractivity contribution in [2.45, 2.75) is 52.5 Å². The van der Waals surface area contributed by atoms with E-state index in [0.717, 1.165) is 5.92 Å². The monoisotopic (exact) mass is 212 g/mol. The summed E-state index contributed by atoms with van der Waals surface area (Å²) in [4.78, 5) is 2.61. The molecule has 2 heteroatoms. The molecule has 0 aromatic carbocycles. The lowest BCUT2D eigenvalue weighted by Crippen LogP contribution is -2.32. The average Bonchev–Trinajstić information content (AvgIpc) is 2.64. The predicted molar refractivity (Wildman–Crippen MR) is 67.2 cm³/mol. The standard InChI is InChI=1S/C13H28N2/c1-4-6-12(3)14-10-13-7-9-15(11-13)8-5-2/h12-14H,4-11H2,1-3H3. The van der Waals surface area contributed by atoms with E-state index in [1.54, 1.807) is 0 Å². The molecule has 0 spiro atoms.